The SMILES string of the molecule is CC(C)(C)C1CCCCC1NCc1ccco1. The van der Waals surface area contributed by atoms with Crippen molar-refractivity contribution in [3.63, 3.8) is 0 Å². The molecular weight excluding hydrogens is 210 g/mol. The Labute approximate surface area is 105 Å². The van der Waals surface area contributed by atoms with Gasteiger partial charge in [0.05, 0.1) is 12.8 Å². The lowest BCUT2D eigenvalue weighted by Crippen LogP contribution is -2.43. The maximum absolute atomic E-state index is 5.38. The number of furan rings is 1. The molecule has 2 nitrogen and oxygen atoms in total. The summed E-state index contributed by atoms with van der Waals surface area (Å²) in [7, 11) is 0. The zero-order valence-corrected chi connectivity index (χ0v) is 11.3. The molecule has 96 valence electrons. The van der Waals surface area contributed by atoms with Crippen LogP contribution in [0.25, 0.3) is 0 Å². The van der Waals surface area contributed by atoms with Crippen LogP contribution < -0.4 is 5.32 Å². The summed E-state index contributed by atoms with van der Waals surface area (Å²) in [5.41, 5.74) is 0.404. The summed E-state index contributed by atoms with van der Waals surface area (Å²) in [6, 6.07) is 4.65. The minimum absolute atomic E-state index is 0.404. The molecule has 1 N–H and O–H groups in total. The van der Waals surface area contributed by atoms with Gasteiger partial charge in [-0.05, 0) is 36.3 Å². The van der Waals surface area contributed by atoms with Crippen LogP contribution in [0.1, 0.15) is 52.2 Å². The number of nitrogens with one attached hydrogen (secondary N) is 1. The van der Waals surface area contributed by atoms with Gasteiger partial charge in [-0.25, -0.2) is 0 Å². The van der Waals surface area contributed by atoms with Gasteiger partial charge in [-0.1, -0.05) is 33.6 Å². The predicted octanol–water partition coefficient (Wildman–Crippen LogP) is 3.97. The fraction of sp³-hybridized carbons (Fsp3) is 0.733. The van der Waals surface area contributed by atoms with Crippen molar-refractivity contribution < 1.29 is 4.42 Å². The summed E-state index contributed by atoms with van der Waals surface area (Å²) in [4.78, 5) is 0. The van der Waals surface area contributed by atoms with E-state index in [1.54, 1.807) is 6.26 Å². The summed E-state index contributed by atoms with van der Waals surface area (Å²) in [5.74, 6) is 1.83. The zero-order valence-electron chi connectivity index (χ0n) is 11.3. The van der Waals surface area contributed by atoms with Crippen molar-refractivity contribution in [3.8, 4) is 0 Å². The molecule has 0 bridgehead atoms. The van der Waals surface area contributed by atoms with Crippen LogP contribution in [-0.2, 0) is 6.54 Å². The molecule has 2 heteroatoms. The summed E-state index contributed by atoms with van der Waals surface area (Å²) >= 11 is 0. The van der Waals surface area contributed by atoms with Crippen molar-refractivity contribution in [2.75, 3.05) is 0 Å². The normalized spacial score (nSPS) is 26.1. The molecule has 17 heavy (non-hydrogen) atoms. The average molecular weight is 235 g/mol. The highest BCUT2D eigenvalue weighted by Gasteiger charge is 2.33. The van der Waals surface area contributed by atoms with E-state index in [-0.39, 0.29) is 0 Å². The Morgan fingerprint density at radius 2 is 2.06 bits per heavy atom. The van der Waals surface area contributed by atoms with E-state index in [2.05, 4.69) is 26.1 Å². The van der Waals surface area contributed by atoms with Gasteiger partial charge in [-0.3, -0.25) is 0 Å². The Bertz CT molecular complexity index is 323. The minimum Gasteiger partial charge on any atom is -0.468 e. The van der Waals surface area contributed by atoms with E-state index < -0.39 is 0 Å². The first-order chi connectivity index (χ1) is 8.07. The highest BCUT2D eigenvalue weighted by Crippen LogP contribution is 2.38. The summed E-state index contributed by atoms with van der Waals surface area (Å²) in [5, 5.41) is 3.69. The van der Waals surface area contributed by atoms with Crippen molar-refractivity contribution in [1.82, 2.24) is 5.32 Å². The van der Waals surface area contributed by atoms with E-state index in [1.807, 2.05) is 12.1 Å². The second-order valence-electron chi connectivity index (χ2n) is 6.32. The van der Waals surface area contributed by atoms with E-state index in [0.717, 1.165) is 18.2 Å². The molecule has 2 rings (SSSR count). The molecule has 0 spiro atoms. The second-order valence-corrected chi connectivity index (χ2v) is 6.32. The van der Waals surface area contributed by atoms with Gasteiger partial charge < -0.3 is 9.73 Å². The molecule has 1 aromatic heterocycles. The maximum atomic E-state index is 5.38. The van der Waals surface area contributed by atoms with Crippen LogP contribution in [0.5, 0.6) is 0 Å². The van der Waals surface area contributed by atoms with Crippen molar-refractivity contribution >= 4 is 0 Å². The molecule has 1 aliphatic carbocycles. The quantitative estimate of drug-likeness (QED) is 0.857. The molecule has 0 aliphatic heterocycles. The molecule has 1 heterocycles. The van der Waals surface area contributed by atoms with Gasteiger partial charge in [0, 0.05) is 6.04 Å². The molecule has 0 aromatic carbocycles. The van der Waals surface area contributed by atoms with Crippen molar-refractivity contribution in [1.29, 1.82) is 0 Å². The Kier molecular flexibility index (Phi) is 3.93. The van der Waals surface area contributed by atoms with Crippen LogP contribution in [-0.4, -0.2) is 6.04 Å². The monoisotopic (exact) mass is 235 g/mol. The van der Waals surface area contributed by atoms with Crippen LogP contribution in [0.15, 0.2) is 22.8 Å². The predicted molar refractivity (Wildman–Crippen MR) is 70.7 cm³/mol. The van der Waals surface area contributed by atoms with Gasteiger partial charge in [-0.15, -0.1) is 0 Å². The van der Waals surface area contributed by atoms with Gasteiger partial charge in [0.2, 0.25) is 0 Å². The lowest BCUT2D eigenvalue weighted by molar-refractivity contribution is 0.128. The summed E-state index contributed by atoms with van der Waals surface area (Å²) < 4.78 is 5.38. The lowest BCUT2D eigenvalue weighted by atomic mass is 9.69. The third-order valence-corrected chi connectivity index (χ3v) is 4.00. The molecule has 2 unspecified atom stereocenters. The molecule has 0 saturated heterocycles. The molecule has 1 aliphatic rings. The van der Waals surface area contributed by atoms with Gasteiger partial charge in [0.1, 0.15) is 5.76 Å². The number of rotatable bonds is 3. The van der Waals surface area contributed by atoms with E-state index in [9.17, 15) is 0 Å². The molecular formula is C15H25NO. The van der Waals surface area contributed by atoms with Crippen LogP contribution in [0.2, 0.25) is 0 Å². The molecule has 0 radical (unpaired) electrons. The number of hydrogen-bond donors (Lipinski definition) is 1. The third-order valence-electron chi connectivity index (χ3n) is 4.00. The molecule has 0 amide bonds. The summed E-state index contributed by atoms with van der Waals surface area (Å²) in [6.07, 6.45) is 7.17. The largest absolute Gasteiger partial charge is 0.468 e. The van der Waals surface area contributed by atoms with Crippen molar-refractivity contribution in [2.45, 2.75) is 59.0 Å². The Morgan fingerprint density at radius 1 is 1.29 bits per heavy atom. The molecule has 1 saturated carbocycles. The van der Waals surface area contributed by atoms with Gasteiger partial charge in [0.25, 0.3) is 0 Å². The molecule has 1 fully saturated rings. The third kappa shape index (κ3) is 3.35. The first-order valence-corrected chi connectivity index (χ1v) is 6.83. The van der Waals surface area contributed by atoms with E-state index in [4.69, 9.17) is 4.42 Å². The number of hydrogen-bond acceptors (Lipinski definition) is 2. The van der Waals surface area contributed by atoms with Crippen LogP contribution in [0, 0.1) is 11.3 Å². The van der Waals surface area contributed by atoms with E-state index in [1.165, 1.54) is 25.7 Å². The summed E-state index contributed by atoms with van der Waals surface area (Å²) in [6.45, 7) is 7.96. The topological polar surface area (TPSA) is 25.2 Å². The fourth-order valence-electron chi connectivity index (χ4n) is 3.06. The standard InChI is InChI=1S/C15H25NO/c1-15(2,3)13-8-4-5-9-14(13)16-11-12-7-6-10-17-12/h6-7,10,13-14,16H,4-5,8-9,11H2,1-3H3. The second kappa shape index (κ2) is 5.26. The maximum Gasteiger partial charge on any atom is 0.117 e. The van der Waals surface area contributed by atoms with Crippen molar-refractivity contribution in [3.05, 3.63) is 24.2 Å². The Morgan fingerprint density at radius 3 is 2.71 bits per heavy atom. The van der Waals surface area contributed by atoms with Crippen LogP contribution >= 0.6 is 0 Å². The van der Waals surface area contributed by atoms with Gasteiger partial charge in [-0.2, -0.15) is 0 Å². The van der Waals surface area contributed by atoms with Gasteiger partial charge in [0.15, 0.2) is 0 Å². The fourth-order valence-corrected chi connectivity index (χ4v) is 3.06. The molecule has 2 atom stereocenters. The first kappa shape index (κ1) is 12.7. The zero-order chi connectivity index (χ0) is 12.3. The van der Waals surface area contributed by atoms with E-state index in [0.29, 0.717) is 11.5 Å². The highest BCUT2D eigenvalue weighted by molar-refractivity contribution is 4.98. The molecule has 1 aromatic rings. The average Bonchev–Trinajstić information content (AvgIpc) is 2.78. The smallest absolute Gasteiger partial charge is 0.117 e. The highest BCUT2D eigenvalue weighted by atomic mass is 16.3. The lowest BCUT2D eigenvalue weighted by Gasteiger charge is -2.40. The Hall–Kier alpha value is -0.760. The first-order valence-electron chi connectivity index (χ1n) is 6.83. The Balaban J connectivity index is 1.92. The minimum atomic E-state index is 0.404. The van der Waals surface area contributed by atoms with Gasteiger partial charge >= 0.3 is 0 Å². The van der Waals surface area contributed by atoms with Crippen LogP contribution in [0.3, 0.4) is 0 Å². The van der Waals surface area contributed by atoms with Crippen molar-refractivity contribution in [2.24, 2.45) is 11.3 Å². The van der Waals surface area contributed by atoms with E-state index >= 15 is 0 Å². The van der Waals surface area contributed by atoms with Crippen LogP contribution in [0.4, 0.5) is 0 Å².